The number of oxazole rings is 1. The SMILES string of the molecule is c1ccc(-c2cc(-n3c4ccccc4c4ccc(-c5nc6ccccc6o5)cc43)ccc2-c2cccnc2)nc1. The summed E-state index contributed by atoms with van der Waals surface area (Å²) in [7, 11) is 0. The summed E-state index contributed by atoms with van der Waals surface area (Å²) < 4.78 is 8.45. The van der Waals surface area contributed by atoms with Crippen LogP contribution in [0.4, 0.5) is 0 Å². The summed E-state index contributed by atoms with van der Waals surface area (Å²) in [6.07, 6.45) is 5.53. The van der Waals surface area contributed by atoms with Gasteiger partial charge in [-0.3, -0.25) is 9.97 Å². The molecule has 4 aromatic heterocycles. The number of benzene rings is 4. The average Bonchev–Trinajstić information content (AvgIpc) is 3.61. The second-order valence-corrected chi connectivity index (χ2v) is 9.76. The van der Waals surface area contributed by atoms with Crippen LogP contribution in [0.5, 0.6) is 0 Å². The molecule has 5 nitrogen and oxygen atoms in total. The molecular formula is C35H22N4O. The summed E-state index contributed by atoms with van der Waals surface area (Å²) in [6.45, 7) is 0. The Balaban J connectivity index is 1.39. The monoisotopic (exact) mass is 514 g/mol. The van der Waals surface area contributed by atoms with Gasteiger partial charge in [0.1, 0.15) is 5.52 Å². The second kappa shape index (κ2) is 9.03. The van der Waals surface area contributed by atoms with Crippen molar-refractivity contribution < 1.29 is 4.42 Å². The van der Waals surface area contributed by atoms with Crippen LogP contribution in [0.25, 0.3) is 72.4 Å². The van der Waals surface area contributed by atoms with Gasteiger partial charge in [-0.25, -0.2) is 4.98 Å². The fourth-order valence-corrected chi connectivity index (χ4v) is 5.56. The van der Waals surface area contributed by atoms with Crippen LogP contribution in [-0.2, 0) is 0 Å². The number of hydrogen-bond donors (Lipinski definition) is 0. The van der Waals surface area contributed by atoms with Gasteiger partial charge in [0, 0.05) is 51.7 Å². The second-order valence-electron chi connectivity index (χ2n) is 9.76. The topological polar surface area (TPSA) is 56.7 Å². The minimum absolute atomic E-state index is 0.612. The van der Waals surface area contributed by atoms with Crippen LogP contribution < -0.4 is 0 Å². The van der Waals surface area contributed by atoms with E-state index in [0.717, 1.165) is 55.8 Å². The molecule has 0 atom stereocenters. The molecule has 0 N–H and O–H groups in total. The van der Waals surface area contributed by atoms with Crippen molar-refractivity contribution in [1.82, 2.24) is 19.5 Å². The normalized spacial score (nSPS) is 11.5. The van der Waals surface area contributed by atoms with Crippen LogP contribution in [0.15, 0.2) is 138 Å². The highest BCUT2D eigenvalue weighted by Gasteiger charge is 2.17. The Labute approximate surface area is 230 Å². The third-order valence-electron chi connectivity index (χ3n) is 7.39. The molecule has 4 aromatic carbocycles. The van der Waals surface area contributed by atoms with Crippen molar-refractivity contribution in [1.29, 1.82) is 0 Å². The molecule has 0 aliphatic rings. The zero-order chi connectivity index (χ0) is 26.5. The first-order valence-corrected chi connectivity index (χ1v) is 13.2. The number of fused-ring (bicyclic) bond motifs is 4. The number of aromatic nitrogens is 4. The Morgan fingerprint density at radius 3 is 2.35 bits per heavy atom. The van der Waals surface area contributed by atoms with Gasteiger partial charge in [-0.1, -0.05) is 54.6 Å². The third-order valence-corrected chi connectivity index (χ3v) is 7.39. The van der Waals surface area contributed by atoms with E-state index in [1.54, 1.807) is 6.20 Å². The van der Waals surface area contributed by atoms with Crippen molar-refractivity contribution in [2.24, 2.45) is 0 Å². The molecule has 0 fully saturated rings. The standard InChI is InChI=1S/C35H22N4O/c1-3-12-32-27(9-1)28-16-14-23(35-38-31-11-2-4-13-34(31)40-35)20-33(28)39(32)25-15-17-26(24-8-7-18-36-22-24)29(21-25)30-10-5-6-19-37-30/h1-22H. The molecule has 40 heavy (non-hydrogen) atoms. The Hall–Kier alpha value is -5.55. The van der Waals surface area contributed by atoms with Gasteiger partial charge in [0.25, 0.3) is 0 Å². The molecule has 188 valence electrons. The average molecular weight is 515 g/mol. The maximum Gasteiger partial charge on any atom is 0.227 e. The van der Waals surface area contributed by atoms with E-state index in [1.807, 2.05) is 54.9 Å². The van der Waals surface area contributed by atoms with Gasteiger partial charge in [-0.05, 0) is 66.2 Å². The maximum atomic E-state index is 6.13. The van der Waals surface area contributed by atoms with Crippen molar-refractivity contribution in [3.8, 4) is 39.5 Å². The predicted octanol–water partition coefficient (Wildman–Crippen LogP) is 8.72. The highest BCUT2D eigenvalue weighted by Crippen LogP contribution is 2.38. The molecule has 0 unspecified atom stereocenters. The smallest absolute Gasteiger partial charge is 0.227 e. The molecule has 0 spiro atoms. The molecule has 4 heterocycles. The Morgan fingerprint density at radius 2 is 1.48 bits per heavy atom. The van der Waals surface area contributed by atoms with Gasteiger partial charge < -0.3 is 8.98 Å². The number of hydrogen-bond acceptors (Lipinski definition) is 4. The lowest BCUT2D eigenvalue weighted by Crippen LogP contribution is -1.97. The molecule has 0 bridgehead atoms. The van der Waals surface area contributed by atoms with Crippen LogP contribution in [0.3, 0.4) is 0 Å². The minimum atomic E-state index is 0.612. The van der Waals surface area contributed by atoms with E-state index in [2.05, 4.69) is 82.3 Å². The van der Waals surface area contributed by atoms with E-state index >= 15 is 0 Å². The first-order valence-electron chi connectivity index (χ1n) is 13.2. The zero-order valence-corrected chi connectivity index (χ0v) is 21.4. The van der Waals surface area contributed by atoms with E-state index in [0.29, 0.717) is 5.89 Å². The summed E-state index contributed by atoms with van der Waals surface area (Å²) in [5.74, 6) is 0.612. The van der Waals surface area contributed by atoms with Crippen LogP contribution in [0.2, 0.25) is 0 Å². The minimum Gasteiger partial charge on any atom is -0.436 e. The van der Waals surface area contributed by atoms with Crippen LogP contribution >= 0.6 is 0 Å². The predicted molar refractivity (Wildman–Crippen MR) is 160 cm³/mol. The van der Waals surface area contributed by atoms with E-state index < -0.39 is 0 Å². The van der Waals surface area contributed by atoms with Crippen LogP contribution in [-0.4, -0.2) is 19.5 Å². The molecular weight excluding hydrogens is 492 g/mol. The molecule has 0 radical (unpaired) electrons. The lowest BCUT2D eigenvalue weighted by Gasteiger charge is -2.14. The van der Waals surface area contributed by atoms with Crippen molar-refractivity contribution in [3.05, 3.63) is 134 Å². The van der Waals surface area contributed by atoms with E-state index in [4.69, 9.17) is 14.4 Å². The Morgan fingerprint density at radius 1 is 0.600 bits per heavy atom. The summed E-state index contributed by atoms with van der Waals surface area (Å²) in [4.78, 5) is 13.8. The van der Waals surface area contributed by atoms with Gasteiger partial charge in [0.05, 0.1) is 16.7 Å². The number of nitrogens with zero attached hydrogens (tertiary/aromatic N) is 4. The number of para-hydroxylation sites is 3. The van der Waals surface area contributed by atoms with Gasteiger partial charge in [-0.2, -0.15) is 0 Å². The molecule has 8 aromatic rings. The highest BCUT2D eigenvalue weighted by atomic mass is 16.3. The Bertz CT molecular complexity index is 2130. The highest BCUT2D eigenvalue weighted by molar-refractivity contribution is 6.10. The van der Waals surface area contributed by atoms with Crippen LogP contribution in [0.1, 0.15) is 0 Å². The molecule has 8 rings (SSSR count). The van der Waals surface area contributed by atoms with Crippen molar-refractivity contribution in [2.45, 2.75) is 0 Å². The first kappa shape index (κ1) is 22.4. The lowest BCUT2D eigenvalue weighted by atomic mass is 9.97. The molecule has 0 saturated heterocycles. The summed E-state index contributed by atoms with van der Waals surface area (Å²) in [6, 6.07) is 39.5. The van der Waals surface area contributed by atoms with Gasteiger partial charge in [0.15, 0.2) is 5.58 Å². The van der Waals surface area contributed by atoms with E-state index in [9.17, 15) is 0 Å². The third kappa shape index (κ3) is 3.60. The number of pyridine rings is 2. The molecule has 0 aliphatic carbocycles. The molecule has 0 aliphatic heterocycles. The van der Waals surface area contributed by atoms with Crippen molar-refractivity contribution in [3.63, 3.8) is 0 Å². The van der Waals surface area contributed by atoms with E-state index in [-0.39, 0.29) is 0 Å². The molecule has 0 saturated carbocycles. The zero-order valence-electron chi connectivity index (χ0n) is 21.4. The van der Waals surface area contributed by atoms with E-state index in [1.165, 1.54) is 10.8 Å². The molecule has 5 heteroatoms. The fraction of sp³-hybridized carbons (Fsp3) is 0. The van der Waals surface area contributed by atoms with Gasteiger partial charge >= 0.3 is 0 Å². The number of rotatable bonds is 4. The summed E-state index contributed by atoms with van der Waals surface area (Å²) in [5, 5.41) is 2.36. The summed E-state index contributed by atoms with van der Waals surface area (Å²) in [5.41, 5.74) is 9.93. The fourth-order valence-electron chi connectivity index (χ4n) is 5.56. The summed E-state index contributed by atoms with van der Waals surface area (Å²) >= 11 is 0. The lowest BCUT2D eigenvalue weighted by molar-refractivity contribution is 0.620. The van der Waals surface area contributed by atoms with Crippen molar-refractivity contribution >= 4 is 32.9 Å². The van der Waals surface area contributed by atoms with Crippen molar-refractivity contribution in [2.75, 3.05) is 0 Å². The quantitative estimate of drug-likeness (QED) is 0.236. The maximum absolute atomic E-state index is 6.13. The van der Waals surface area contributed by atoms with Gasteiger partial charge in [-0.15, -0.1) is 0 Å². The van der Waals surface area contributed by atoms with Crippen LogP contribution in [0, 0.1) is 0 Å². The largest absolute Gasteiger partial charge is 0.436 e. The van der Waals surface area contributed by atoms with Gasteiger partial charge in [0.2, 0.25) is 5.89 Å². The Kier molecular flexibility index (Phi) is 5.07. The first-order chi connectivity index (χ1) is 19.8. The molecule has 0 amide bonds.